The molecule has 0 aromatic heterocycles. The zero-order chi connectivity index (χ0) is 24.0. The molecule has 4 unspecified atom stereocenters. The van der Waals surface area contributed by atoms with Crippen molar-refractivity contribution >= 4 is 41.4 Å². The summed E-state index contributed by atoms with van der Waals surface area (Å²) in [6.07, 6.45) is 3.33. The van der Waals surface area contributed by atoms with Crippen molar-refractivity contribution in [2.75, 3.05) is 18.6 Å². The Morgan fingerprint density at radius 3 is 2.03 bits per heavy atom. The van der Waals surface area contributed by atoms with E-state index in [0.29, 0.717) is 25.1 Å². The van der Waals surface area contributed by atoms with E-state index in [1.165, 1.54) is 18.7 Å². The van der Waals surface area contributed by atoms with E-state index in [9.17, 15) is 24.0 Å². The smallest absolute Gasteiger partial charge is 0.325 e. The van der Waals surface area contributed by atoms with E-state index in [1.54, 1.807) is 0 Å². The van der Waals surface area contributed by atoms with Gasteiger partial charge < -0.3 is 38.3 Å². The Morgan fingerprint density at radius 2 is 1.52 bits per heavy atom. The second-order valence-corrected chi connectivity index (χ2v) is 8.02. The molecule has 0 aliphatic carbocycles. The van der Waals surface area contributed by atoms with Crippen molar-refractivity contribution in [3.63, 3.8) is 0 Å². The monoisotopic (exact) mass is 462 g/mol. The normalized spacial score (nSPS) is 14.6. The maximum atomic E-state index is 12.7. The fourth-order valence-electron chi connectivity index (χ4n) is 2.48. The summed E-state index contributed by atoms with van der Waals surface area (Å²) in [6, 6.07) is -4.45. The van der Waals surface area contributed by atoms with E-state index in [-0.39, 0.29) is 6.42 Å². The fraction of sp³-hybridized carbons (Fsp3) is 0.722. The first-order chi connectivity index (χ1) is 14.5. The number of thioether (sulfide) groups is 1. The van der Waals surface area contributed by atoms with Gasteiger partial charge in [-0.25, -0.2) is 0 Å². The number of unbranched alkanes of at least 4 members (excludes halogenated alkanes) is 1. The van der Waals surface area contributed by atoms with Crippen LogP contribution in [0.3, 0.4) is 0 Å². The number of carboxylic acids is 1. The second-order valence-electron chi connectivity index (χ2n) is 7.03. The van der Waals surface area contributed by atoms with Crippen LogP contribution in [-0.2, 0) is 24.0 Å². The zero-order valence-electron chi connectivity index (χ0n) is 17.9. The maximum Gasteiger partial charge on any atom is 0.325 e. The van der Waals surface area contributed by atoms with Gasteiger partial charge in [0.2, 0.25) is 23.6 Å². The molecule has 4 amide bonds. The molecule has 13 heteroatoms. The molecule has 0 saturated carbocycles. The minimum atomic E-state index is -1.39. The van der Waals surface area contributed by atoms with Crippen LogP contribution in [0.5, 0.6) is 0 Å². The quantitative estimate of drug-likeness (QED) is 0.122. The molecule has 0 bridgehead atoms. The number of nitrogens with two attached hydrogens (primary N) is 3. The van der Waals surface area contributed by atoms with Crippen LogP contribution < -0.4 is 33.2 Å². The van der Waals surface area contributed by atoms with E-state index in [4.69, 9.17) is 22.3 Å². The van der Waals surface area contributed by atoms with Crippen molar-refractivity contribution < 1.29 is 29.1 Å². The average molecular weight is 463 g/mol. The van der Waals surface area contributed by atoms with Crippen molar-refractivity contribution in [2.24, 2.45) is 17.2 Å². The highest BCUT2D eigenvalue weighted by atomic mass is 32.2. The summed E-state index contributed by atoms with van der Waals surface area (Å²) in [6.45, 7) is 1.72. The van der Waals surface area contributed by atoms with Gasteiger partial charge in [-0.05, 0) is 44.7 Å². The third-order valence-corrected chi connectivity index (χ3v) is 4.96. The Kier molecular flexibility index (Phi) is 14.2. The van der Waals surface area contributed by atoms with E-state index in [2.05, 4.69) is 16.0 Å². The van der Waals surface area contributed by atoms with Gasteiger partial charge in [-0.1, -0.05) is 6.42 Å². The van der Waals surface area contributed by atoms with Crippen molar-refractivity contribution in [2.45, 2.75) is 63.2 Å². The summed E-state index contributed by atoms with van der Waals surface area (Å²) in [7, 11) is 0. The van der Waals surface area contributed by atoms with Gasteiger partial charge in [-0.15, -0.1) is 0 Å². The van der Waals surface area contributed by atoms with Crippen LogP contribution >= 0.6 is 11.8 Å². The van der Waals surface area contributed by atoms with Crippen LogP contribution in [0.15, 0.2) is 0 Å². The lowest BCUT2D eigenvalue weighted by Gasteiger charge is -2.24. The molecule has 12 nitrogen and oxygen atoms in total. The molecule has 0 saturated heterocycles. The minimum absolute atomic E-state index is 0.255. The molecule has 4 atom stereocenters. The van der Waals surface area contributed by atoms with Crippen molar-refractivity contribution in [3.05, 3.63) is 0 Å². The first-order valence-electron chi connectivity index (χ1n) is 9.90. The van der Waals surface area contributed by atoms with Gasteiger partial charge in [0.05, 0.1) is 12.5 Å². The molecule has 0 aliphatic heterocycles. The molecule has 0 heterocycles. The van der Waals surface area contributed by atoms with E-state index < -0.39 is 60.2 Å². The Morgan fingerprint density at radius 1 is 0.935 bits per heavy atom. The number of nitrogens with one attached hydrogen (secondary N) is 3. The van der Waals surface area contributed by atoms with Gasteiger partial charge in [-0.3, -0.25) is 24.0 Å². The van der Waals surface area contributed by atoms with Crippen LogP contribution in [0.25, 0.3) is 0 Å². The molecule has 10 N–H and O–H groups in total. The van der Waals surface area contributed by atoms with Gasteiger partial charge >= 0.3 is 5.97 Å². The van der Waals surface area contributed by atoms with Crippen molar-refractivity contribution in [1.82, 2.24) is 16.0 Å². The number of aliphatic carboxylic acids is 1. The fourth-order valence-corrected chi connectivity index (χ4v) is 2.95. The SMILES string of the molecule is CSCCC(NC(=O)C(N)CCCCN)C(=O)NC(CC(N)=O)C(=O)NC(C)C(=O)O. The molecule has 0 fully saturated rings. The zero-order valence-corrected chi connectivity index (χ0v) is 18.7. The Balaban J connectivity index is 5.23. The van der Waals surface area contributed by atoms with Gasteiger partial charge in [0, 0.05) is 0 Å². The van der Waals surface area contributed by atoms with Gasteiger partial charge in [0.25, 0.3) is 0 Å². The Bertz CT molecular complexity index is 635. The lowest BCUT2D eigenvalue weighted by Crippen LogP contribution is -2.57. The lowest BCUT2D eigenvalue weighted by atomic mass is 10.1. The van der Waals surface area contributed by atoms with Crippen LogP contribution in [0.4, 0.5) is 0 Å². The van der Waals surface area contributed by atoms with Crippen LogP contribution in [0.2, 0.25) is 0 Å². The highest BCUT2D eigenvalue weighted by Crippen LogP contribution is 2.05. The molecule has 178 valence electrons. The first kappa shape index (κ1) is 28.6. The molecular formula is C18H34N6O6S. The summed E-state index contributed by atoms with van der Waals surface area (Å²) < 4.78 is 0. The predicted octanol–water partition coefficient (Wildman–Crippen LogP) is -2.37. The number of rotatable bonds is 16. The summed E-state index contributed by atoms with van der Waals surface area (Å²) in [5, 5.41) is 16.0. The van der Waals surface area contributed by atoms with E-state index >= 15 is 0 Å². The lowest BCUT2D eigenvalue weighted by molar-refractivity contribution is -0.142. The van der Waals surface area contributed by atoms with Crippen LogP contribution in [0, 0.1) is 0 Å². The number of primary amides is 1. The van der Waals surface area contributed by atoms with Gasteiger partial charge in [0.15, 0.2) is 0 Å². The second kappa shape index (κ2) is 15.4. The number of hydrogen-bond acceptors (Lipinski definition) is 8. The predicted molar refractivity (Wildman–Crippen MR) is 117 cm³/mol. The molecular weight excluding hydrogens is 428 g/mol. The molecule has 0 aromatic rings. The molecule has 0 aliphatic rings. The summed E-state index contributed by atoms with van der Waals surface area (Å²) in [4.78, 5) is 59.7. The largest absolute Gasteiger partial charge is 0.480 e. The number of carbonyl (C=O) groups excluding carboxylic acids is 4. The Labute approximate surface area is 185 Å². The highest BCUT2D eigenvalue weighted by Gasteiger charge is 2.30. The number of carbonyl (C=O) groups is 5. The van der Waals surface area contributed by atoms with Crippen molar-refractivity contribution in [1.29, 1.82) is 0 Å². The maximum absolute atomic E-state index is 12.7. The van der Waals surface area contributed by atoms with Crippen LogP contribution in [-0.4, -0.2) is 77.4 Å². The molecule has 0 radical (unpaired) electrons. The first-order valence-corrected chi connectivity index (χ1v) is 11.3. The summed E-state index contributed by atoms with van der Waals surface area (Å²) in [5.41, 5.74) is 16.4. The van der Waals surface area contributed by atoms with E-state index in [1.807, 2.05) is 6.26 Å². The molecule has 0 rings (SSSR count). The standard InChI is InChI=1S/C18H34N6O6S/c1-10(18(29)30)22-17(28)13(9-14(21)25)24-16(27)12(6-8-31-2)23-15(26)11(20)5-3-4-7-19/h10-13H,3-9,19-20H2,1-2H3,(H2,21,25)(H,22,28)(H,23,26)(H,24,27)(H,29,30). The van der Waals surface area contributed by atoms with E-state index in [0.717, 1.165) is 6.42 Å². The number of amides is 4. The van der Waals surface area contributed by atoms with Crippen LogP contribution in [0.1, 0.15) is 39.0 Å². The van der Waals surface area contributed by atoms with Gasteiger partial charge in [0.1, 0.15) is 18.1 Å². The van der Waals surface area contributed by atoms with Crippen molar-refractivity contribution in [3.8, 4) is 0 Å². The topological polar surface area (TPSA) is 220 Å². The number of hydrogen-bond donors (Lipinski definition) is 7. The average Bonchev–Trinajstić information content (AvgIpc) is 2.69. The molecule has 0 spiro atoms. The Hall–Kier alpha value is -2.38. The highest BCUT2D eigenvalue weighted by molar-refractivity contribution is 7.98. The summed E-state index contributed by atoms with van der Waals surface area (Å²) in [5.74, 6) is -3.73. The molecule has 0 aromatic carbocycles. The minimum Gasteiger partial charge on any atom is -0.480 e. The number of carboxylic acid groups (broad SMARTS) is 1. The third kappa shape index (κ3) is 12.2. The molecule has 31 heavy (non-hydrogen) atoms. The summed E-state index contributed by atoms with van der Waals surface area (Å²) >= 11 is 1.45. The van der Waals surface area contributed by atoms with Gasteiger partial charge in [-0.2, -0.15) is 11.8 Å². The third-order valence-electron chi connectivity index (χ3n) is 4.32.